The lowest BCUT2D eigenvalue weighted by Crippen LogP contribution is -2.44. The fraction of sp³-hybridized carbons (Fsp3) is 0.550. The summed E-state index contributed by atoms with van der Waals surface area (Å²) in [6, 6.07) is 5.09. The van der Waals surface area contributed by atoms with Gasteiger partial charge in [-0.15, -0.1) is 0 Å². The topological polar surface area (TPSA) is 128 Å². The molecule has 9 heteroatoms. The Hall–Kier alpha value is -2.97. The quantitative estimate of drug-likeness (QED) is 0.440. The molecule has 0 aliphatic heterocycles. The number of carbonyl (C=O) groups excluding carboxylic acids is 3. The first kappa shape index (κ1) is 22.3. The van der Waals surface area contributed by atoms with Gasteiger partial charge in [0, 0.05) is 17.7 Å². The number of nitro groups is 1. The summed E-state index contributed by atoms with van der Waals surface area (Å²) in [5.41, 5.74) is 4.27. The maximum absolute atomic E-state index is 12.2. The van der Waals surface area contributed by atoms with Gasteiger partial charge in [-0.2, -0.15) is 0 Å². The van der Waals surface area contributed by atoms with Crippen LogP contribution in [0.5, 0.6) is 0 Å². The average Bonchev–Trinajstić information content (AvgIpc) is 2.69. The van der Waals surface area contributed by atoms with Gasteiger partial charge in [-0.3, -0.25) is 35.3 Å². The Kier molecular flexibility index (Phi) is 7.30. The SMILES string of the molecule is CC(C)(C)C1CCC(C(=O)OCC(=O)NNC(=O)c2cccc([N+](=O)[O-])c2)CC1. The summed E-state index contributed by atoms with van der Waals surface area (Å²) in [5, 5.41) is 10.7. The first-order chi connectivity index (χ1) is 13.6. The summed E-state index contributed by atoms with van der Waals surface area (Å²) in [7, 11) is 0. The number of benzene rings is 1. The highest BCUT2D eigenvalue weighted by atomic mass is 16.6. The minimum Gasteiger partial charge on any atom is -0.455 e. The van der Waals surface area contributed by atoms with Crippen LogP contribution in [-0.4, -0.2) is 29.3 Å². The van der Waals surface area contributed by atoms with Gasteiger partial charge < -0.3 is 4.74 Å². The summed E-state index contributed by atoms with van der Waals surface area (Å²) in [6.07, 6.45) is 3.39. The zero-order chi connectivity index (χ0) is 21.6. The van der Waals surface area contributed by atoms with E-state index in [0.717, 1.165) is 31.7 Å². The number of esters is 1. The molecule has 0 aromatic heterocycles. The van der Waals surface area contributed by atoms with Crippen molar-refractivity contribution < 1.29 is 24.0 Å². The standard InChI is InChI=1S/C20H27N3O6/c1-20(2,3)15-9-7-13(8-10-15)19(26)29-12-17(24)21-22-18(25)14-5-4-6-16(11-14)23(27)28/h4-6,11,13,15H,7-10,12H2,1-3H3,(H,21,24)(H,22,25). The third-order valence-corrected chi connectivity index (χ3v) is 5.27. The number of carbonyl (C=O) groups is 3. The Balaban J connectivity index is 1.73. The summed E-state index contributed by atoms with van der Waals surface area (Å²) in [4.78, 5) is 46.1. The van der Waals surface area contributed by atoms with Crippen molar-refractivity contribution in [3.05, 3.63) is 39.9 Å². The first-order valence-electron chi connectivity index (χ1n) is 9.58. The molecule has 29 heavy (non-hydrogen) atoms. The van der Waals surface area contributed by atoms with Crippen LogP contribution in [0.1, 0.15) is 56.8 Å². The van der Waals surface area contributed by atoms with E-state index in [1.165, 1.54) is 18.2 Å². The Morgan fingerprint density at radius 3 is 2.38 bits per heavy atom. The number of non-ortho nitro benzene ring substituents is 1. The molecule has 0 spiro atoms. The van der Waals surface area contributed by atoms with E-state index in [-0.39, 0.29) is 22.6 Å². The molecule has 0 atom stereocenters. The van der Waals surface area contributed by atoms with Gasteiger partial charge in [0.1, 0.15) is 0 Å². The van der Waals surface area contributed by atoms with Crippen molar-refractivity contribution in [3.63, 3.8) is 0 Å². The van der Waals surface area contributed by atoms with E-state index in [1.54, 1.807) is 0 Å². The molecule has 0 radical (unpaired) electrons. The second kappa shape index (κ2) is 9.49. The van der Waals surface area contributed by atoms with Crippen molar-refractivity contribution in [2.45, 2.75) is 46.5 Å². The van der Waals surface area contributed by atoms with Crippen LogP contribution in [0.15, 0.2) is 24.3 Å². The zero-order valence-electron chi connectivity index (χ0n) is 16.9. The number of nitrogens with zero attached hydrogens (tertiary/aromatic N) is 1. The molecule has 2 N–H and O–H groups in total. The molecule has 158 valence electrons. The molecule has 1 aliphatic carbocycles. The minimum atomic E-state index is -0.714. The molecule has 0 bridgehead atoms. The van der Waals surface area contributed by atoms with Crippen molar-refractivity contribution in [2.24, 2.45) is 17.3 Å². The molecule has 1 aliphatic rings. The van der Waals surface area contributed by atoms with Crippen LogP contribution in [0.2, 0.25) is 0 Å². The van der Waals surface area contributed by atoms with Crippen molar-refractivity contribution in [1.82, 2.24) is 10.9 Å². The number of nitrogens with one attached hydrogen (secondary N) is 2. The minimum absolute atomic E-state index is 0.0205. The number of amides is 2. The van der Waals surface area contributed by atoms with Gasteiger partial charge in [0.15, 0.2) is 6.61 Å². The lowest BCUT2D eigenvalue weighted by atomic mass is 9.70. The fourth-order valence-corrected chi connectivity index (χ4v) is 3.45. The normalized spacial score (nSPS) is 19.1. The van der Waals surface area contributed by atoms with E-state index in [0.29, 0.717) is 5.92 Å². The molecular weight excluding hydrogens is 378 g/mol. The highest BCUT2D eigenvalue weighted by molar-refractivity contribution is 5.96. The Bertz CT molecular complexity index is 779. The van der Waals surface area contributed by atoms with Crippen molar-refractivity contribution >= 4 is 23.5 Å². The Labute approximate surface area is 169 Å². The lowest BCUT2D eigenvalue weighted by Gasteiger charge is -2.36. The lowest BCUT2D eigenvalue weighted by molar-refractivity contribution is -0.384. The molecule has 0 unspecified atom stereocenters. The third kappa shape index (κ3) is 6.55. The Morgan fingerprint density at radius 2 is 1.79 bits per heavy atom. The van der Waals surface area contributed by atoms with Gasteiger partial charge in [-0.25, -0.2) is 0 Å². The average molecular weight is 405 g/mol. The van der Waals surface area contributed by atoms with E-state index < -0.39 is 29.3 Å². The highest BCUT2D eigenvalue weighted by Gasteiger charge is 2.33. The predicted octanol–water partition coefficient (Wildman–Crippen LogP) is 2.75. The second-order valence-corrected chi connectivity index (χ2v) is 8.33. The Morgan fingerprint density at radius 1 is 1.14 bits per heavy atom. The summed E-state index contributed by atoms with van der Waals surface area (Å²) >= 11 is 0. The summed E-state index contributed by atoms with van der Waals surface area (Å²) < 4.78 is 5.06. The fourth-order valence-electron chi connectivity index (χ4n) is 3.45. The number of hydrogen-bond acceptors (Lipinski definition) is 6. The van der Waals surface area contributed by atoms with Gasteiger partial charge in [0.25, 0.3) is 17.5 Å². The van der Waals surface area contributed by atoms with Crippen LogP contribution in [-0.2, 0) is 14.3 Å². The maximum Gasteiger partial charge on any atom is 0.309 e. The number of hydrazine groups is 1. The second-order valence-electron chi connectivity index (χ2n) is 8.33. The zero-order valence-corrected chi connectivity index (χ0v) is 16.9. The van der Waals surface area contributed by atoms with Crippen molar-refractivity contribution in [3.8, 4) is 0 Å². The number of hydrogen-bond donors (Lipinski definition) is 2. The van der Waals surface area contributed by atoms with Crippen LogP contribution in [0.4, 0.5) is 5.69 Å². The first-order valence-corrected chi connectivity index (χ1v) is 9.58. The summed E-state index contributed by atoms with van der Waals surface area (Å²) in [6.45, 7) is 6.08. The number of rotatable bonds is 5. The smallest absolute Gasteiger partial charge is 0.309 e. The van der Waals surface area contributed by atoms with Gasteiger partial charge in [0.2, 0.25) is 0 Å². The largest absolute Gasteiger partial charge is 0.455 e. The van der Waals surface area contributed by atoms with Crippen LogP contribution in [0.25, 0.3) is 0 Å². The third-order valence-electron chi connectivity index (χ3n) is 5.27. The highest BCUT2D eigenvalue weighted by Crippen LogP contribution is 2.40. The molecular formula is C20H27N3O6. The van der Waals surface area contributed by atoms with E-state index in [2.05, 4.69) is 31.6 Å². The predicted molar refractivity (Wildman–Crippen MR) is 105 cm³/mol. The molecule has 0 heterocycles. The van der Waals surface area contributed by atoms with Crippen LogP contribution in [0.3, 0.4) is 0 Å². The van der Waals surface area contributed by atoms with E-state index in [4.69, 9.17) is 4.74 Å². The summed E-state index contributed by atoms with van der Waals surface area (Å²) in [5.74, 6) is -1.45. The van der Waals surface area contributed by atoms with Crippen LogP contribution < -0.4 is 10.9 Å². The van der Waals surface area contributed by atoms with Crippen LogP contribution >= 0.6 is 0 Å². The molecule has 1 fully saturated rings. The number of nitro benzene ring substituents is 1. The van der Waals surface area contributed by atoms with Gasteiger partial charge in [-0.1, -0.05) is 26.8 Å². The number of ether oxygens (including phenoxy) is 1. The van der Waals surface area contributed by atoms with Crippen molar-refractivity contribution in [2.75, 3.05) is 6.61 Å². The molecule has 1 saturated carbocycles. The van der Waals surface area contributed by atoms with E-state index in [9.17, 15) is 24.5 Å². The molecule has 1 aromatic carbocycles. The van der Waals surface area contributed by atoms with Gasteiger partial charge >= 0.3 is 5.97 Å². The molecule has 0 saturated heterocycles. The van der Waals surface area contributed by atoms with E-state index >= 15 is 0 Å². The van der Waals surface area contributed by atoms with Gasteiger partial charge in [-0.05, 0) is 43.1 Å². The van der Waals surface area contributed by atoms with Gasteiger partial charge in [0.05, 0.1) is 10.8 Å². The maximum atomic E-state index is 12.2. The van der Waals surface area contributed by atoms with Crippen LogP contribution in [0, 0.1) is 27.4 Å². The van der Waals surface area contributed by atoms with Crippen molar-refractivity contribution in [1.29, 1.82) is 0 Å². The monoisotopic (exact) mass is 405 g/mol. The molecule has 9 nitrogen and oxygen atoms in total. The van der Waals surface area contributed by atoms with E-state index in [1.807, 2.05) is 0 Å². The molecule has 2 amide bonds. The molecule has 2 rings (SSSR count). The molecule has 1 aromatic rings.